The highest BCUT2D eigenvalue weighted by Crippen LogP contribution is 2.47. The fourth-order valence-electron chi connectivity index (χ4n) is 2.36. The molecule has 0 N–H and O–H groups in total. The summed E-state index contributed by atoms with van der Waals surface area (Å²) in [6.45, 7) is 0. The Hall–Kier alpha value is -1.61. The number of hydrogen-bond donors (Lipinski definition) is 0. The smallest absolute Gasteiger partial charge is 0.146 e. The van der Waals surface area contributed by atoms with E-state index in [-0.39, 0.29) is 0 Å². The highest BCUT2D eigenvalue weighted by Gasteiger charge is 2.34. The van der Waals surface area contributed by atoms with Crippen LogP contribution in [0.3, 0.4) is 0 Å². The van der Waals surface area contributed by atoms with Gasteiger partial charge < -0.3 is 0 Å². The molecule has 2 nitrogen and oxygen atoms in total. The molecule has 2 heterocycles. The summed E-state index contributed by atoms with van der Waals surface area (Å²) >= 11 is 1.93. The van der Waals surface area contributed by atoms with E-state index in [2.05, 4.69) is 46.4 Å². The minimum absolute atomic E-state index is 0.316. The second kappa shape index (κ2) is 3.44. The lowest BCUT2D eigenvalue weighted by molar-refractivity contribution is 1.27. The molecule has 0 saturated carbocycles. The van der Waals surface area contributed by atoms with Crippen LogP contribution in [-0.4, -0.2) is 16.8 Å². The topological polar surface area (TPSA) is 24.7 Å². The van der Waals surface area contributed by atoms with Crippen LogP contribution >= 0.6 is 11.8 Å². The summed E-state index contributed by atoms with van der Waals surface area (Å²) in [6, 6.07) is 8.34. The summed E-state index contributed by atoms with van der Waals surface area (Å²) in [7, 11) is 0. The average Bonchev–Trinajstić information content (AvgIpc) is 2.73. The van der Waals surface area contributed by atoms with Gasteiger partial charge in [0.2, 0.25) is 0 Å². The largest absolute Gasteiger partial charge is 0.235 e. The third-order valence-electron chi connectivity index (χ3n) is 3.17. The van der Waals surface area contributed by atoms with Gasteiger partial charge in [0, 0.05) is 0 Å². The Kier molecular flexibility index (Phi) is 1.91. The zero-order valence-corrected chi connectivity index (χ0v) is 9.89. The number of benzene rings is 1. The summed E-state index contributed by atoms with van der Waals surface area (Å²) in [4.78, 5) is 9.30. The van der Waals surface area contributed by atoms with Gasteiger partial charge in [-0.2, -0.15) is 0 Å². The van der Waals surface area contributed by atoms with Gasteiger partial charge in [-0.05, 0) is 17.7 Å². The van der Waals surface area contributed by atoms with Crippen molar-refractivity contribution in [1.29, 1.82) is 0 Å². The van der Waals surface area contributed by atoms with Crippen LogP contribution < -0.4 is 0 Å². The number of hydrogen-bond acceptors (Lipinski definition) is 3. The molecule has 3 aliphatic rings. The molecule has 82 valence electrons. The molecule has 1 aromatic rings. The molecule has 1 aliphatic carbocycles. The minimum atomic E-state index is 0.316. The zero-order valence-electron chi connectivity index (χ0n) is 9.08. The highest BCUT2D eigenvalue weighted by molar-refractivity contribution is 8.01. The normalized spacial score (nSPS) is 28.0. The number of para-hydroxylation sites is 1. The fraction of sp³-hybridized carbons (Fsp3) is 0.143. The van der Waals surface area contributed by atoms with Crippen molar-refractivity contribution in [2.75, 3.05) is 0 Å². The summed E-state index contributed by atoms with van der Waals surface area (Å²) in [5.41, 5.74) is 3.51. The number of allylic oxidation sites excluding steroid dienone is 3. The molecule has 2 unspecified atom stereocenters. The summed E-state index contributed by atoms with van der Waals surface area (Å²) in [6.07, 6.45) is 8.43. The van der Waals surface area contributed by atoms with Crippen molar-refractivity contribution in [2.24, 2.45) is 9.98 Å². The molecule has 1 aromatic carbocycles. The number of nitrogens with zero attached hydrogens (tertiary/aromatic N) is 2. The number of amidine groups is 1. The molecule has 4 rings (SSSR count). The van der Waals surface area contributed by atoms with Gasteiger partial charge >= 0.3 is 0 Å². The van der Waals surface area contributed by atoms with Crippen LogP contribution in [0, 0.1) is 0 Å². The molecule has 0 amide bonds. The van der Waals surface area contributed by atoms with Gasteiger partial charge in [-0.1, -0.05) is 36.4 Å². The lowest BCUT2D eigenvalue weighted by Gasteiger charge is -2.25. The van der Waals surface area contributed by atoms with Gasteiger partial charge in [0.25, 0.3) is 0 Å². The Morgan fingerprint density at radius 2 is 2.00 bits per heavy atom. The monoisotopic (exact) mass is 238 g/mol. The average molecular weight is 238 g/mol. The summed E-state index contributed by atoms with van der Waals surface area (Å²) in [5.74, 6) is 0.961. The molecule has 0 fully saturated rings. The molecule has 0 saturated heterocycles. The highest BCUT2D eigenvalue weighted by atomic mass is 32.2. The molecular formula is C14H10N2S. The van der Waals surface area contributed by atoms with E-state index in [0.717, 1.165) is 17.2 Å². The fourth-order valence-corrected chi connectivity index (χ4v) is 3.68. The summed E-state index contributed by atoms with van der Waals surface area (Å²) in [5, 5.41) is 0.700. The van der Waals surface area contributed by atoms with Crippen molar-refractivity contribution in [3.63, 3.8) is 0 Å². The van der Waals surface area contributed by atoms with Crippen LogP contribution in [0.25, 0.3) is 0 Å². The first-order chi connectivity index (χ1) is 8.42. The first-order valence-corrected chi connectivity index (χ1v) is 6.62. The quantitative estimate of drug-likeness (QED) is 0.679. The van der Waals surface area contributed by atoms with Crippen LogP contribution in [0.1, 0.15) is 10.8 Å². The molecule has 0 bridgehead atoms. The lowest BCUT2D eigenvalue weighted by Crippen LogP contribution is -2.24. The van der Waals surface area contributed by atoms with Crippen LogP contribution in [0.2, 0.25) is 0 Å². The van der Waals surface area contributed by atoms with Crippen molar-refractivity contribution in [3.8, 4) is 0 Å². The first-order valence-electron chi connectivity index (χ1n) is 5.68. The zero-order chi connectivity index (χ0) is 11.2. The van der Waals surface area contributed by atoms with Gasteiger partial charge in [0.05, 0.1) is 21.9 Å². The maximum Gasteiger partial charge on any atom is 0.146 e. The molecule has 3 heteroatoms. The predicted molar refractivity (Wildman–Crippen MR) is 73.4 cm³/mol. The van der Waals surface area contributed by atoms with Crippen molar-refractivity contribution >= 4 is 29.0 Å². The van der Waals surface area contributed by atoms with Crippen molar-refractivity contribution < 1.29 is 0 Å². The number of rotatable bonds is 0. The van der Waals surface area contributed by atoms with E-state index >= 15 is 0 Å². The minimum Gasteiger partial charge on any atom is -0.235 e. The lowest BCUT2D eigenvalue weighted by atomic mass is 10.1. The van der Waals surface area contributed by atoms with Crippen LogP contribution in [0.5, 0.6) is 0 Å². The second-order valence-corrected chi connectivity index (χ2v) is 5.50. The van der Waals surface area contributed by atoms with Crippen LogP contribution in [0.15, 0.2) is 58.6 Å². The predicted octanol–water partition coefficient (Wildman–Crippen LogP) is 3.45. The maximum atomic E-state index is 4.69. The van der Waals surface area contributed by atoms with Crippen LogP contribution in [-0.2, 0) is 0 Å². The molecule has 2 atom stereocenters. The van der Waals surface area contributed by atoms with Gasteiger partial charge in [-0.25, -0.2) is 9.98 Å². The van der Waals surface area contributed by atoms with E-state index in [4.69, 9.17) is 0 Å². The van der Waals surface area contributed by atoms with E-state index in [9.17, 15) is 0 Å². The Morgan fingerprint density at radius 1 is 1.06 bits per heavy atom. The maximum absolute atomic E-state index is 4.69. The molecule has 0 radical (unpaired) electrons. The Morgan fingerprint density at radius 3 is 3.00 bits per heavy atom. The van der Waals surface area contributed by atoms with Gasteiger partial charge in [0.15, 0.2) is 0 Å². The molecule has 17 heavy (non-hydrogen) atoms. The van der Waals surface area contributed by atoms with E-state index < -0.39 is 0 Å². The van der Waals surface area contributed by atoms with Crippen LogP contribution in [0.4, 0.5) is 5.69 Å². The Bertz CT molecular complexity index is 610. The molecule has 2 aliphatic heterocycles. The molecule has 0 spiro atoms. The third kappa shape index (κ3) is 1.35. The van der Waals surface area contributed by atoms with Gasteiger partial charge in [-0.3, -0.25) is 0 Å². The number of thioether (sulfide) groups is 1. The van der Waals surface area contributed by atoms with Gasteiger partial charge in [-0.15, -0.1) is 11.8 Å². The van der Waals surface area contributed by atoms with Crippen molar-refractivity contribution in [1.82, 2.24) is 0 Å². The molecule has 0 aromatic heterocycles. The molecular weight excluding hydrogens is 228 g/mol. The third-order valence-corrected chi connectivity index (χ3v) is 4.60. The SMILES string of the molecule is C1=CC2=NC3=Nc4ccccc4C3SC2C=C1. The van der Waals surface area contributed by atoms with Crippen molar-refractivity contribution in [3.05, 3.63) is 54.1 Å². The van der Waals surface area contributed by atoms with Crippen molar-refractivity contribution in [2.45, 2.75) is 10.5 Å². The van der Waals surface area contributed by atoms with E-state index in [1.165, 1.54) is 5.56 Å². The van der Waals surface area contributed by atoms with E-state index in [0.29, 0.717) is 10.5 Å². The van der Waals surface area contributed by atoms with E-state index in [1.807, 2.05) is 23.9 Å². The summed E-state index contributed by atoms with van der Waals surface area (Å²) < 4.78 is 0. The Balaban J connectivity index is 1.84. The standard InChI is InChI=1S/C14H10N2S/c1-2-6-10-9(5-1)13-14(15-10)16-11-7-3-4-8-12(11)17-13/h1-8,12-13H. The Labute approximate surface area is 104 Å². The second-order valence-electron chi connectivity index (χ2n) is 4.25. The first kappa shape index (κ1) is 9.42. The van der Waals surface area contributed by atoms with Gasteiger partial charge in [0.1, 0.15) is 5.84 Å². The van der Waals surface area contributed by atoms with E-state index in [1.54, 1.807) is 0 Å². The number of aliphatic imine (C=N–C) groups is 2. The number of fused-ring (bicyclic) bond motifs is 4.